The van der Waals surface area contributed by atoms with Crippen molar-refractivity contribution in [2.24, 2.45) is 11.8 Å². The Labute approximate surface area is 83.9 Å². The van der Waals surface area contributed by atoms with E-state index >= 15 is 0 Å². The number of carboxylic acids is 1. The first-order valence-electron chi connectivity index (χ1n) is 4.34. The fourth-order valence-corrected chi connectivity index (χ4v) is 3.01. The summed E-state index contributed by atoms with van der Waals surface area (Å²) in [7, 11) is 0. The predicted octanol–water partition coefficient (Wildman–Crippen LogP) is -0.383. The van der Waals surface area contributed by atoms with E-state index in [2.05, 4.69) is 0 Å². The van der Waals surface area contributed by atoms with Crippen LogP contribution in [0.4, 0.5) is 0 Å². The predicted molar refractivity (Wildman–Crippen MR) is 42.8 cm³/mol. The molecule has 0 aromatic heterocycles. The van der Waals surface area contributed by atoms with Crippen LogP contribution in [0.2, 0.25) is 0 Å². The Morgan fingerprint density at radius 3 is 2.71 bits per heavy atom. The Morgan fingerprint density at radius 2 is 2.07 bits per heavy atom. The standard InChI is InChI=1S/C8H7ClO5/c9-3-4-1(7(10)11)2-5(13-4)6(3)14-8(2)12/h1-6H,(H,10,11)/t1-,2-,3+,4-,5-,6+/m1/s1. The number of fused-ring (bicyclic) bond motifs is 1. The van der Waals surface area contributed by atoms with Gasteiger partial charge in [-0.1, -0.05) is 0 Å². The van der Waals surface area contributed by atoms with Crippen molar-refractivity contribution in [3.63, 3.8) is 0 Å². The highest BCUT2D eigenvalue weighted by Gasteiger charge is 2.70. The quantitative estimate of drug-likeness (QED) is 0.480. The third kappa shape index (κ3) is 0.757. The molecule has 0 spiro atoms. The van der Waals surface area contributed by atoms with Crippen LogP contribution in [0.15, 0.2) is 0 Å². The van der Waals surface area contributed by atoms with Gasteiger partial charge in [-0.15, -0.1) is 11.6 Å². The lowest BCUT2D eigenvalue weighted by Crippen LogP contribution is -2.42. The summed E-state index contributed by atoms with van der Waals surface area (Å²) >= 11 is 5.94. The fourth-order valence-electron chi connectivity index (χ4n) is 2.60. The van der Waals surface area contributed by atoms with Gasteiger partial charge in [-0.2, -0.15) is 0 Å². The molecular formula is C8H7ClO5. The maximum atomic E-state index is 11.3. The number of aliphatic carboxylic acids is 1. The first kappa shape index (κ1) is 8.49. The number of hydrogen-bond acceptors (Lipinski definition) is 4. The van der Waals surface area contributed by atoms with Crippen molar-refractivity contribution in [1.29, 1.82) is 0 Å². The Morgan fingerprint density at radius 1 is 1.36 bits per heavy atom. The van der Waals surface area contributed by atoms with Crippen molar-refractivity contribution in [1.82, 2.24) is 0 Å². The van der Waals surface area contributed by atoms with E-state index in [-0.39, 0.29) is 0 Å². The first-order chi connectivity index (χ1) is 6.61. The van der Waals surface area contributed by atoms with Gasteiger partial charge in [0.05, 0.1) is 6.10 Å². The summed E-state index contributed by atoms with van der Waals surface area (Å²) in [5, 5.41) is 8.42. The Bertz CT molecular complexity index is 330. The van der Waals surface area contributed by atoms with Crippen LogP contribution in [0.1, 0.15) is 0 Å². The van der Waals surface area contributed by atoms with Crippen LogP contribution in [0, 0.1) is 11.8 Å². The van der Waals surface area contributed by atoms with Gasteiger partial charge in [0.1, 0.15) is 29.4 Å². The summed E-state index contributed by atoms with van der Waals surface area (Å²) in [4.78, 5) is 22.3. The highest BCUT2D eigenvalue weighted by Crippen LogP contribution is 2.51. The normalized spacial score (nSPS) is 53.6. The van der Waals surface area contributed by atoms with Gasteiger partial charge in [-0.25, -0.2) is 0 Å². The smallest absolute Gasteiger partial charge is 0.313 e. The van der Waals surface area contributed by atoms with E-state index in [4.69, 9.17) is 26.2 Å². The van der Waals surface area contributed by atoms with Crippen LogP contribution in [-0.2, 0) is 19.1 Å². The summed E-state index contributed by atoms with van der Waals surface area (Å²) in [6, 6.07) is 0. The molecule has 6 atom stereocenters. The number of esters is 1. The number of carbonyl (C=O) groups excluding carboxylic acids is 1. The van der Waals surface area contributed by atoms with Crippen molar-refractivity contribution in [2.45, 2.75) is 23.7 Å². The average molecular weight is 219 g/mol. The van der Waals surface area contributed by atoms with Gasteiger partial charge in [-0.3, -0.25) is 9.59 Å². The minimum absolute atomic E-state index is 0.448. The second kappa shape index (κ2) is 2.41. The van der Waals surface area contributed by atoms with Crippen molar-refractivity contribution >= 4 is 23.5 Å². The van der Waals surface area contributed by atoms with Gasteiger partial charge in [0.2, 0.25) is 0 Å². The summed E-state index contributed by atoms with van der Waals surface area (Å²) in [5.41, 5.74) is 0. The Balaban J connectivity index is 2.04. The molecule has 0 aromatic carbocycles. The van der Waals surface area contributed by atoms with Gasteiger partial charge in [-0.05, 0) is 0 Å². The van der Waals surface area contributed by atoms with E-state index < -0.39 is 47.5 Å². The number of carbonyl (C=O) groups is 2. The molecule has 5 nitrogen and oxygen atoms in total. The molecule has 3 rings (SSSR count). The number of rotatable bonds is 1. The molecule has 0 radical (unpaired) electrons. The van der Waals surface area contributed by atoms with Gasteiger partial charge >= 0.3 is 11.9 Å². The van der Waals surface area contributed by atoms with Gasteiger partial charge in [0.15, 0.2) is 0 Å². The highest BCUT2D eigenvalue weighted by atomic mass is 35.5. The molecule has 14 heavy (non-hydrogen) atoms. The topological polar surface area (TPSA) is 72.8 Å². The summed E-state index contributed by atoms with van der Waals surface area (Å²) in [5.74, 6) is -3.02. The molecule has 0 aliphatic carbocycles. The van der Waals surface area contributed by atoms with E-state index in [0.717, 1.165) is 0 Å². The van der Waals surface area contributed by atoms with Crippen LogP contribution < -0.4 is 0 Å². The maximum Gasteiger partial charge on any atom is 0.313 e. The van der Waals surface area contributed by atoms with Crippen molar-refractivity contribution in [2.75, 3.05) is 0 Å². The molecule has 0 aromatic rings. The third-order valence-corrected chi connectivity index (χ3v) is 3.67. The zero-order valence-electron chi connectivity index (χ0n) is 6.92. The molecule has 0 amide bonds. The van der Waals surface area contributed by atoms with Gasteiger partial charge < -0.3 is 14.6 Å². The molecule has 2 bridgehead atoms. The Kier molecular flexibility index (Phi) is 1.46. The monoisotopic (exact) mass is 218 g/mol. The lowest BCUT2D eigenvalue weighted by molar-refractivity contribution is -0.151. The molecule has 3 heterocycles. The average Bonchev–Trinajstić information content (AvgIpc) is 2.67. The number of halogens is 1. The Hall–Kier alpha value is -0.810. The van der Waals surface area contributed by atoms with Crippen LogP contribution in [0.3, 0.4) is 0 Å². The van der Waals surface area contributed by atoms with Crippen LogP contribution in [0.25, 0.3) is 0 Å². The van der Waals surface area contributed by atoms with Crippen LogP contribution in [-0.4, -0.2) is 40.7 Å². The number of ether oxygens (including phenoxy) is 2. The second-order valence-corrected chi connectivity index (χ2v) is 4.30. The molecule has 6 heteroatoms. The van der Waals surface area contributed by atoms with Crippen LogP contribution in [0.5, 0.6) is 0 Å². The largest absolute Gasteiger partial charge is 0.481 e. The molecular weight excluding hydrogens is 212 g/mol. The fraction of sp³-hybridized carbons (Fsp3) is 0.750. The molecule has 3 fully saturated rings. The van der Waals surface area contributed by atoms with E-state index in [9.17, 15) is 9.59 Å². The lowest BCUT2D eigenvalue weighted by atomic mass is 9.80. The summed E-state index contributed by atoms with van der Waals surface area (Å²) < 4.78 is 10.3. The first-order valence-corrected chi connectivity index (χ1v) is 4.78. The van der Waals surface area contributed by atoms with E-state index in [0.29, 0.717) is 0 Å². The number of hydrogen-bond donors (Lipinski definition) is 1. The molecule has 0 unspecified atom stereocenters. The van der Waals surface area contributed by atoms with Crippen molar-refractivity contribution in [3.8, 4) is 0 Å². The SMILES string of the molecule is O=C(O)[C@H]1[C@H]2O[C@H]3[C@@H](OC(=O)[C@@H]31)[C@H]2Cl. The van der Waals surface area contributed by atoms with Crippen molar-refractivity contribution in [3.05, 3.63) is 0 Å². The van der Waals surface area contributed by atoms with Gasteiger partial charge in [0.25, 0.3) is 0 Å². The zero-order valence-corrected chi connectivity index (χ0v) is 7.68. The molecule has 0 saturated carbocycles. The minimum Gasteiger partial charge on any atom is -0.481 e. The lowest BCUT2D eigenvalue weighted by Gasteiger charge is -2.20. The summed E-state index contributed by atoms with van der Waals surface area (Å²) in [6.45, 7) is 0. The molecule has 3 saturated heterocycles. The van der Waals surface area contributed by atoms with E-state index in [1.165, 1.54) is 0 Å². The zero-order chi connectivity index (χ0) is 10.0. The third-order valence-electron chi connectivity index (χ3n) is 3.17. The number of alkyl halides is 1. The van der Waals surface area contributed by atoms with Crippen LogP contribution >= 0.6 is 11.6 Å². The molecule has 1 N–H and O–H groups in total. The second-order valence-electron chi connectivity index (χ2n) is 3.80. The molecule has 3 aliphatic rings. The summed E-state index contributed by atoms with van der Waals surface area (Å²) in [6.07, 6.45) is -1.48. The van der Waals surface area contributed by atoms with Crippen molar-refractivity contribution < 1.29 is 24.2 Å². The van der Waals surface area contributed by atoms with Gasteiger partial charge in [0, 0.05) is 0 Å². The minimum atomic E-state index is -1.04. The number of carboxylic acid groups (broad SMARTS) is 1. The molecule has 3 aliphatic heterocycles. The maximum absolute atomic E-state index is 11.3. The highest BCUT2D eigenvalue weighted by molar-refractivity contribution is 6.22. The van der Waals surface area contributed by atoms with E-state index in [1.807, 2.05) is 0 Å². The molecule has 76 valence electrons. The van der Waals surface area contributed by atoms with E-state index in [1.54, 1.807) is 0 Å².